The first-order valence-corrected chi connectivity index (χ1v) is 14.7. The number of hydrogen-bond acceptors (Lipinski definition) is 4. The Bertz CT molecular complexity index is 1040. The van der Waals surface area contributed by atoms with Crippen molar-refractivity contribution in [2.45, 2.75) is 84.7 Å². The summed E-state index contributed by atoms with van der Waals surface area (Å²) in [5, 5.41) is 0. The summed E-state index contributed by atoms with van der Waals surface area (Å²) >= 11 is 0. The number of hydrogen-bond donors (Lipinski definition) is 0. The van der Waals surface area contributed by atoms with Gasteiger partial charge in [0.25, 0.3) is 0 Å². The second kappa shape index (κ2) is 9.42. The maximum atomic E-state index is 13.0. The van der Waals surface area contributed by atoms with Crippen molar-refractivity contribution >= 4 is 11.5 Å². The fourth-order valence-corrected chi connectivity index (χ4v) is 9.01. The Morgan fingerprint density at radius 3 is 2.61 bits per heavy atom. The third kappa shape index (κ3) is 3.99. The number of esters is 1. The number of aromatic nitrogens is 1. The van der Waals surface area contributed by atoms with Crippen molar-refractivity contribution in [3.05, 3.63) is 47.8 Å². The molecule has 0 radical (unpaired) electrons. The summed E-state index contributed by atoms with van der Waals surface area (Å²) in [6.07, 6.45) is 19.2. The summed E-state index contributed by atoms with van der Waals surface area (Å²) in [5.74, 6) is 2.41. The molecule has 1 aromatic heterocycles. The Kier molecular flexibility index (Phi) is 6.38. The van der Waals surface area contributed by atoms with Crippen LogP contribution < -0.4 is 0 Å². The van der Waals surface area contributed by atoms with Crippen molar-refractivity contribution in [2.75, 3.05) is 19.6 Å². The highest BCUT2D eigenvalue weighted by Gasteiger charge is 2.57. The number of pyridine rings is 1. The predicted octanol–water partition coefficient (Wildman–Crippen LogP) is 6.68. The molecule has 36 heavy (non-hydrogen) atoms. The van der Waals surface area contributed by atoms with E-state index in [9.17, 15) is 4.79 Å². The second-order valence-corrected chi connectivity index (χ2v) is 12.8. The van der Waals surface area contributed by atoms with Crippen LogP contribution in [0.15, 0.2) is 42.3 Å². The average Bonchev–Trinajstić information content (AvgIpc) is 3.26. The van der Waals surface area contributed by atoms with Gasteiger partial charge in [0.1, 0.15) is 6.10 Å². The highest BCUT2D eigenvalue weighted by atomic mass is 16.5. The van der Waals surface area contributed by atoms with Gasteiger partial charge in [0, 0.05) is 18.8 Å². The fourth-order valence-electron chi connectivity index (χ4n) is 9.01. The molecule has 5 aliphatic rings. The Balaban J connectivity index is 1.13. The van der Waals surface area contributed by atoms with E-state index in [4.69, 9.17) is 4.74 Å². The number of carbonyl (C=O) groups is 1. The molecule has 4 aliphatic carbocycles. The molecule has 6 rings (SSSR count). The molecule has 4 heteroatoms. The van der Waals surface area contributed by atoms with Crippen LogP contribution in [0.1, 0.15) is 84.1 Å². The van der Waals surface area contributed by atoms with Crippen LogP contribution in [0.3, 0.4) is 0 Å². The molecule has 0 bridgehead atoms. The maximum absolute atomic E-state index is 13.0. The van der Waals surface area contributed by atoms with Crippen LogP contribution in [0.4, 0.5) is 0 Å². The first kappa shape index (κ1) is 24.4. The summed E-state index contributed by atoms with van der Waals surface area (Å²) in [4.78, 5) is 19.8. The topological polar surface area (TPSA) is 42.4 Å². The van der Waals surface area contributed by atoms with E-state index in [1.807, 2.05) is 6.20 Å². The number of piperidine rings is 1. The Hall–Kier alpha value is -1.94. The van der Waals surface area contributed by atoms with E-state index in [1.165, 1.54) is 37.7 Å². The Morgan fingerprint density at radius 1 is 1.06 bits per heavy atom. The lowest BCUT2D eigenvalue weighted by molar-refractivity contribution is -0.158. The fraction of sp³-hybridized carbons (Fsp3) is 0.688. The summed E-state index contributed by atoms with van der Waals surface area (Å²) in [6, 6.07) is 4.32. The highest BCUT2D eigenvalue weighted by Crippen LogP contribution is 2.66. The van der Waals surface area contributed by atoms with Crippen molar-refractivity contribution in [1.82, 2.24) is 9.88 Å². The first-order chi connectivity index (χ1) is 17.4. The van der Waals surface area contributed by atoms with Gasteiger partial charge in [-0.3, -0.25) is 9.78 Å². The molecule has 6 atom stereocenters. The van der Waals surface area contributed by atoms with E-state index in [1.54, 1.807) is 11.1 Å². The molecule has 3 fully saturated rings. The molecule has 1 saturated heterocycles. The van der Waals surface area contributed by atoms with E-state index >= 15 is 0 Å². The van der Waals surface area contributed by atoms with Gasteiger partial charge in [0.2, 0.25) is 0 Å². The maximum Gasteiger partial charge on any atom is 0.309 e. The molecule has 2 saturated carbocycles. The Morgan fingerprint density at radius 2 is 1.86 bits per heavy atom. The number of rotatable bonds is 4. The molecule has 2 heterocycles. The van der Waals surface area contributed by atoms with Crippen LogP contribution in [0.5, 0.6) is 0 Å². The molecular formula is C32H44N2O2. The normalized spacial score (nSPS) is 38.9. The zero-order valence-electron chi connectivity index (χ0n) is 22.5. The largest absolute Gasteiger partial charge is 0.462 e. The molecule has 5 unspecified atom stereocenters. The number of carbonyl (C=O) groups excluding carboxylic acids is 1. The van der Waals surface area contributed by atoms with Crippen LogP contribution in [0.2, 0.25) is 0 Å². The van der Waals surface area contributed by atoms with Crippen LogP contribution in [0, 0.1) is 34.5 Å². The summed E-state index contributed by atoms with van der Waals surface area (Å²) < 4.78 is 6.17. The van der Waals surface area contributed by atoms with Crippen LogP contribution in [-0.2, 0) is 9.53 Å². The zero-order chi connectivity index (χ0) is 24.9. The van der Waals surface area contributed by atoms with E-state index in [-0.39, 0.29) is 28.8 Å². The quantitative estimate of drug-likeness (QED) is 0.350. The van der Waals surface area contributed by atoms with Gasteiger partial charge in [-0.25, -0.2) is 0 Å². The van der Waals surface area contributed by atoms with Crippen molar-refractivity contribution < 1.29 is 9.53 Å². The molecule has 0 aromatic carbocycles. The third-order valence-electron chi connectivity index (χ3n) is 11.3. The van der Waals surface area contributed by atoms with E-state index in [0.29, 0.717) is 0 Å². The zero-order valence-corrected chi connectivity index (χ0v) is 22.5. The van der Waals surface area contributed by atoms with Gasteiger partial charge in [0.05, 0.1) is 5.92 Å². The molecular weight excluding hydrogens is 444 g/mol. The van der Waals surface area contributed by atoms with E-state index in [0.717, 1.165) is 63.1 Å². The SMILES string of the molecule is CCN1CCC(C(=O)OC2CCC3(C)C(=CCC4C5CC=C(c6cccnc6)C5(C)CC[C@@H]43)C2)CC1. The highest BCUT2D eigenvalue weighted by molar-refractivity contribution is 5.73. The molecule has 1 aromatic rings. The molecule has 4 nitrogen and oxygen atoms in total. The van der Waals surface area contributed by atoms with Crippen LogP contribution >= 0.6 is 0 Å². The minimum Gasteiger partial charge on any atom is -0.462 e. The number of ether oxygens (including phenoxy) is 1. The van der Waals surface area contributed by atoms with Gasteiger partial charge in [-0.05, 0) is 117 Å². The van der Waals surface area contributed by atoms with Crippen molar-refractivity contribution in [3.8, 4) is 0 Å². The smallest absolute Gasteiger partial charge is 0.309 e. The third-order valence-corrected chi connectivity index (χ3v) is 11.3. The number of fused-ring (bicyclic) bond motifs is 5. The second-order valence-electron chi connectivity index (χ2n) is 12.8. The number of allylic oxidation sites excluding steroid dienone is 3. The van der Waals surface area contributed by atoms with Gasteiger partial charge >= 0.3 is 5.97 Å². The lowest BCUT2D eigenvalue weighted by Gasteiger charge is -2.58. The minimum atomic E-state index is 0.0713. The van der Waals surface area contributed by atoms with Crippen LogP contribution in [0.25, 0.3) is 5.57 Å². The van der Waals surface area contributed by atoms with Crippen molar-refractivity contribution in [2.24, 2.45) is 34.5 Å². The van der Waals surface area contributed by atoms with Crippen molar-refractivity contribution in [3.63, 3.8) is 0 Å². The molecule has 1 aliphatic heterocycles. The molecule has 194 valence electrons. The molecule has 0 N–H and O–H groups in total. The Labute approximate surface area is 217 Å². The summed E-state index contributed by atoms with van der Waals surface area (Å²) in [6.45, 7) is 10.4. The van der Waals surface area contributed by atoms with E-state index < -0.39 is 0 Å². The molecule has 0 spiro atoms. The standard InChI is InChI=1S/C32H44N2O2/c1-4-34-18-13-22(14-19-34)30(35)36-25-11-15-31(2)24(20-25)7-8-26-28-10-9-27(23-6-5-17-33-21-23)32(28,3)16-12-29(26)31/h5-7,9,17,21-22,25-26,28-29H,4,8,10-16,18-20H2,1-3H3/t25?,26?,28?,29-,31?,32?/m0/s1. The van der Waals surface area contributed by atoms with E-state index in [2.05, 4.69) is 61.1 Å². The minimum absolute atomic E-state index is 0.0713. The van der Waals surface area contributed by atoms with Gasteiger partial charge in [-0.15, -0.1) is 0 Å². The van der Waals surface area contributed by atoms with Gasteiger partial charge in [-0.1, -0.05) is 44.6 Å². The predicted molar refractivity (Wildman–Crippen MR) is 144 cm³/mol. The summed E-state index contributed by atoms with van der Waals surface area (Å²) in [7, 11) is 0. The van der Waals surface area contributed by atoms with Crippen molar-refractivity contribution in [1.29, 1.82) is 0 Å². The van der Waals surface area contributed by atoms with Crippen LogP contribution in [-0.4, -0.2) is 41.6 Å². The monoisotopic (exact) mass is 488 g/mol. The average molecular weight is 489 g/mol. The molecule has 0 amide bonds. The lowest BCUT2D eigenvalue weighted by Crippen LogP contribution is -2.50. The number of nitrogens with zero attached hydrogens (tertiary/aromatic N) is 2. The summed E-state index contributed by atoms with van der Waals surface area (Å²) in [5.41, 5.74) is 5.00. The van der Waals surface area contributed by atoms with Gasteiger partial charge < -0.3 is 9.64 Å². The van der Waals surface area contributed by atoms with Gasteiger partial charge in [-0.2, -0.15) is 0 Å². The van der Waals surface area contributed by atoms with Gasteiger partial charge in [0.15, 0.2) is 0 Å². The first-order valence-electron chi connectivity index (χ1n) is 14.7. The number of likely N-dealkylation sites (tertiary alicyclic amines) is 1. The lowest BCUT2D eigenvalue weighted by atomic mass is 9.47.